The molecule has 1 nitrogen and oxygen atoms in total. The molecule has 1 aliphatic heterocycles. The van der Waals surface area contributed by atoms with Gasteiger partial charge in [0, 0.05) is 6.42 Å². The molecule has 0 aromatic carbocycles. The van der Waals surface area contributed by atoms with Gasteiger partial charge in [-0.1, -0.05) is 6.42 Å². The Morgan fingerprint density at radius 1 is 1.62 bits per heavy atom. The molecule has 1 rings (SSSR count). The minimum absolute atomic E-state index is 0.395. The highest BCUT2D eigenvalue weighted by Gasteiger charge is 2.39. The zero-order valence-corrected chi connectivity index (χ0v) is 9.15. The van der Waals surface area contributed by atoms with Crippen molar-refractivity contribution in [1.82, 2.24) is 0 Å². The fourth-order valence-electron chi connectivity index (χ4n) is 1.43. The van der Waals surface area contributed by atoms with Crippen molar-refractivity contribution in [3.8, 4) is 0 Å². The molecule has 5 heteroatoms. The van der Waals surface area contributed by atoms with Crippen LogP contribution in [-0.2, 0) is 4.43 Å². The van der Waals surface area contributed by atoms with Crippen LogP contribution < -0.4 is 0 Å². The molecule has 1 heterocycles. The molecule has 2 unspecified atom stereocenters. The number of halogens is 3. The molecule has 0 saturated carbocycles. The van der Waals surface area contributed by atoms with Crippen LogP contribution >= 0.6 is 0 Å². The minimum Gasteiger partial charge on any atom is -0.421 e. The van der Waals surface area contributed by atoms with Crippen LogP contribution in [-0.4, -0.2) is 28.0 Å². The summed E-state index contributed by atoms with van der Waals surface area (Å²) in [5, 5.41) is 0. The fourth-order valence-corrected chi connectivity index (χ4v) is 2.71. The lowest BCUT2D eigenvalue weighted by molar-refractivity contribution is -0.0935. The zero-order valence-electron chi connectivity index (χ0n) is 7.73. The molecule has 0 N–H and O–H groups in total. The first-order valence-electron chi connectivity index (χ1n) is 4.66. The van der Waals surface area contributed by atoms with Crippen molar-refractivity contribution in [2.45, 2.75) is 50.4 Å². The average molecular weight is 212 g/mol. The van der Waals surface area contributed by atoms with E-state index in [-0.39, 0.29) is 0 Å². The molecule has 1 saturated heterocycles. The van der Waals surface area contributed by atoms with E-state index in [1.54, 1.807) is 0 Å². The smallest absolute Gasteiger partial charge is 0.280 e. The number of rotatable bonds is 3. The van der Waals surface area contributed by atoms with Gasteiger partial charge in [-0.15, -0.1) is 0 Å². The molecular formula is C8H15F3OSi. The Hall–Kier alpha value is -0.0331. The average Bonchev–Trinajstić information content (AvgIpc) is 2.05. The summed E-state index contributed by atoms with van der Waals surface area (Å²) in [6.07, 6.45) is -1.28. The third-order valence-corrected chi connectivity index (χ3v) is 3.85. The highest BCUT2D eigenvalue weighted by Crippen LogP contribution is 2.30. The molecule has 1 fully saturated rings. The molecule has 78 valence electrons. The van der Waals surface area contributed by atoms with Crippen molar-refractivity contribution in [3.63, 3.8) is 0 Å². The van der Waals surface area contributed by atoms with Crippen LogP contribution in [0.1, 0.15) is 26.2 Å². The van der Waals surface area contributed by atoms with Gasteiger partial charge in [0.25, 0.3) is 5.92 Å². The first-order chi connectivity index (χ1) is 6.02. The van der Waals surface area contributed by atoms with Gasteiger partial charge in [0.1, 0.15) is 0 Å². The second kappa shape index (κ2) is 4.46. The topological polar surface area (TPSA) is 9.23 Å². The minimum atomic E-state index is -3.21. The van der Waals surface area contributed by atoms with Crippen LogP contribution in [0.5, 0.6) is 0 Å². The van der Waals surface area contributed by atoms with Crippen molar-refractivity contribution >= 4 is 9.76 Å². The maximum absolute atomic E-state index is 12.9. The number of hydrogen-bond acceptors (Lipinski definition) is 1. The Bertz CT molecular complexity index is 157. The molecule has 0 spiro atoms. The quantitative estimate of drug-likeness (QED) is 0.651. The molecule has 0 aliphatic carbocycles. The fraction of sp³-hybridized carbons (Fsp3) is 1.00. The van der Waals surface area contributed by atoms with Gasteiger partial charge in [-0.25, -0.2) is 13.2 Å². The van der Waals surface area contributed by atoms with Crippen molar-refractivity contribution in [3.05, 3.63) is 0 Å². The van der Waals surface area contributed by atoms with Gasteiger partial charge < -0.3 is 4.43 Å². The Labute approximate surface area is 78.6 Å². The molecule has 2 atom stereocenters. The van der Waals surface area contributed by atoms with E-state index in [4.69, 9.17) is 4.43 Å². The van der Waals surface area contributed by atoms with Crippen molar-refractivity contribution in [2.75, 3.05) is 0 Å². The largest absolute Gasteiger partial charge is 0.421 e. The Morgan fingerprint density at radius 2 is 2.31 bits per heavy atom. The van der Waals surface area contributed by atoms with E-state index in [1.807, 2.05) is 0 Å². The lowest BCUT2D eigenvalue weighted by atomic mass is 10.0. The Kier molecular flexibility index (Phi) is 3.79. The maximum Gasteiger partial charge on any atom is 0.280 e. The first-order valence-corrected chi connectivity index (χ1v) is 6.23. The normalized spacial score (nSPS) is 29.1. The summed E-state index contributed by atoms with van der Waals surface area (Å²) < 4.78 is 43.5. The summed E-state index contributed by atoms with van der Waals surface area (Å²) in [6.45, 7) is 0.903. The predicted molar refractivity (Wildman–Crippen MR) is 47.6 cm³/mol. The standard InChI is InChI=1S/C8H15F3OSi/c1-6(9)8(10,11)5-7-3-2-4-13-12-7/h6-7H,2-5,13H2,1H3. The van der Waals surface area contributed by atoms with Gasteiger partial charge in [0.2, 0.25) is 0 Å². The number of hydrogen-bond donors (Lipinski definition) is 0. The van der Waals surface area contributed by atoms with Gasteiger partial charge in [-0.3, -0.25) is 0 Å². The predicted octanol–water partition coefficient (Wildman–Crippen LogP) is 2.05. The van der Waals surface area contributed by atoms with E-state index >= 15 is 0 Å². The van der Waals surface area contributed by atoms with Gasteiger partial charge >= 0.3 is 0 Å². The maximum atomic E-state index is 12.9. The van der Waals surface area contributed by atoms with Gasteiger partial charge in [0.05, 0.1) is 6.10 Å². The summed E-state index contributed by atoms with van der Waals surface area (Å²) >= 11 is 0. The van der Waals surface area contributed by atoms with E-state index in [2.05, 4.69) is 0 Å². The molecule has 13 heavy (non-hydrogen) atoms. The molecule has 0 aromatic heterocycles. The molecular weight excluding hydrogens is 197 g/mol. The third kappa shape index (κ3) is 3.30. The second-order valence-electron chi connectivity index (χ2n) is 3.57. The summed E-state index contributed by atoms with van der Waals surface area (Å²) in [4.78, 5) is 0. The van der Waals surface area contributed by atoms with Crippen LogP contribution in [0.15, 0.2) is 0 Å². The Balaban J connectivity index is 2.37. The summed E-state index contributed by atoms with van der Waals surface area (Å²) in [5.74, 6) is -3.21. The summed E-state index contributed by atoms with van der Waals surface area (Å²) in [5.41, 5.74) is 0. The van der Waals surface area contributed by atoms with E-state index < -0.39 is 34.4 Å². The van der Waals surface area contributed by atoms with Crippen LogP contribution in [0.2, 0.25) is 6.04 Å². The summed E-state index contributed by atoms with van der Waals surface area (Å²) in [6, 6.07) is 1.06. The molecule has 0 bridgehead atoms. The second-order valence-corrected chi connectivity index (χ2v) is 5.02. The van der Waals surface area contributed by atoms with E-state index in [0.717, 1.165) is 19.4 Å². The van der Waals surface area contributed by atoms with Crippen LogP contribution in [0.4, 0.5) is 13.2 Å². The van der Waals surface area contributed by atoms with Crippen molar-refractivity contribution in [2.24, 2.45) is 0 Å². The highest BCUT2D eigenvalue weighted by atomic mass is 28.2. The molecule has 0 aromatic rings. The highest BCUT2D eigenvalue weighted by molar-refractivity contribution is 6.27. The third-order valence-electron chi connectivity index (χ3n) is 2.36. The van der Waals surface area contributed by atoms with E-state index in [9.17, 15) is 13.2 Å². The van der Waals surface area contributed by atoms with Crippen molar-refractivity contribution < 1.29 is 17.6 Å². The molecule has 0 radical (unpaired) electrons. The molecule has 0 amide bonds. The van der Waals surface area contributed by atoms with Gasteiger partial charge in [-0.2, -0.15) is 0 Å². The van der Waals surface area contributed by atoms with E-state index in [1.165, 1.54) is 0 Å². The van der Waals surface area contributed by atoms with E-state index in [0.29, 0.717) is 6.42 Å². The van der Waals surface area contributed by atoms with Crippen LogP contribution in [0.3, 0.4) is 0 Å². The van der Waals surface area contributed by atoms with Gasteiger partial charge in [-0.05, 0) is 19.4 Å². The monoisotopic (exact) mass is 212 g/mol. The first kappa shape index (κ1) is 11.0. The number of alkyl halides is 3. The zero-order chi connectivity index (χ0) is 9.90. The molecule has 1 aliphatic rings. The Morgan fingerprint density at radius 3 is 2.77 bits per heavy atom. The SMILES string of the molecule is CC(F)C(F)(F)CC1CCC[SiH2]O1. The van der Waals surface area contributed by atoms with Crippen molar-refractivity contribution in [1.29, 1.82) is 0 Å². The van der Waals surface area contributed by atoms with Gasteiger partial charge in [0.15, 0.2) is 15.9 Å². The lowest BCUT2D eigenvalue weighted by Crippen LogP contribution is -2.35. The summed E-state index contributed by atoms with van der Waals surface area (Å²) in [7, 11) is -0.588. The van der Waals surface area contributed by atoms with Crippen LogP contribution in [0, 0.1) is 0 Å². The van der Waals surface area contributed by atoms with Crippen LogP contribution in [0.25, 0.3) is 0 Å². The lowest BCUT2D eigenvalue weighted by Gasteiger charge is -2.27.